The number of aliphatic hydroxyl groups is 1. The van der Waals surface area contributed by atoms with Crippen molar-refractivity contribution in [2.45, 2.75) is 291 Å². The highest BCUT2D eigenvalue weighted by molar-refractivity contribution is 7.48. The topological polar surface area (TPSA) is 65.0 Å². The number of aliphatic hydroxyl groups excluding tert-OH is 1. The normalized spacial score (nSPS) is 14.5. The van der Waals surface area contributed by atoms with Crippen molar-refractivity contribution in [1.29, 1.82) is 0 Å². The standard InChI is InChI=1S/C51H104ClO5P/c1-5-9-13-17-21-25-27-31-35-39-43-49(41-37-33-29-23-19-15-11-7-3)46-55-58(54,57-48-51(53)45-52)56-47-50(42-38-34-30-24-20-16-12-8-4)44-40-36-32-28-26-22-18-14-10-6-2/h49-51,53H,5-48H2,1-4H3. The van der Waals surface area contributed by atoms with Crippen LogP contribution >= 0.6 is 19.4 Å². The van der Waals surface area contributed by atoms with Crippen molar-refractivity contribution in [1.82, 2.24) is 0 Å². The molecule has 3 atom stereocenters. The second-order valence-electron chi connectivity index (χ2n) is 18.3. The van der Waals surface area contributed by atoms with Crippen LogP contribution in [0.4, 0.5) is 0 Å². The number of hydrogen-bond donors (Lipinski definition) is 1. The second kappa shape index (κ2) is 46.9. The van der Waals surface area contributed by atoms with Crippen LogP contribution in [0.3, 0.4) is 0 Å². The zero-order chi connectivity index (χ0) is 42.5. The third kappa shape index (κ3) is 41.7. The van der Waals surface area contributed by atoms with E-state index in [1.807, 2.05) is 0 Å². The molecular formula is C51H104ClO5P. The lowest BCUT2D eigenvalue weighted by Gasteiger charge is -2.25. The molecule has 0 fully saturated rings. The molecule has 0 saturated carbocycles. The minimum atomic E-state index is -3.87. The molecule has 350 valence electrons. The molecule has 0 aliphatic heterocycles. The van der Waals surface area contributed by atoms with Gasteiger partial charge in [-0.3, -0.25) is 13.6 Å². The largest absolute Gasteiger partial charge is 0.474 e. The molecule has 3 unspecified atom stereocenters. The zero-order valence-corrected chi connectivity index (χ0v) is 41.4. The van der Waals surface area contributed by atoms with Gasteiger partial charge in [0, 0.05) is 0 Å². The number of phosphoric ester groups is 1. The molecule has 0 rings (SSSR count). The van der Waals surface area contributed by atoms with Gasteiger partial charge in [-0.05, 0) is 37.5 Å². The summed E-state index contributed by atoms with van der Waals surface area (Å²) in [6.45, 7) is 9.78. The van der Waals surface area contributed by atoms with Crippen LogP contribution in [-0.2, 0) is 18.1 Å². The lowest BCUT2D eigenvalue weighted by molar-refractivity contribution is 0.0523. The Hall–Kier alpha value is 0.360. The van der Waals surface area contributed by atoms with Gasteiger partial charge in [0.05, 0.1) is 31.8 Å². The van der Waals surface area contributed by atoms with Crippen molar-refractivity contribution in [3.05, 3.63) is 0 Å². The van der Waals surface area contributed by atoms with E-state index in [2.05, 4.69) is 27.7 Å². The quantitative estimate of drug-likeness (QED) is 0.0375. The summed E-state index contributed by atoms with van der Waals surface area (Å²) in [6, 6.07) is 0. The van der Waals surface area contributed by atoms with Crippen LogP contribution in [0.5, 0.6) is 0 Å². The van der Waals surface area contributed by atoms with E-state index >= 15 is 0 Å². The maximum Gasteiger partial charge on any atom is 0.474 e. The van der Waals surface area contributed by atoms with E-state index in [0.717, 1.165) is 25.7 Å². The van der Waals surface area contributed by atoms with Crippen LogP contribution in [0.1, 0.15) is 285 Å². The van der Waals surface area contributed by atoms with Crippen molar-refractivity contribution in [3.8, 4) is 0 Å². The monoisotopic (exact) mass is 863 g/mol. The number of rotatable bonds is 50. The Kier molecular flexibility index (Phi) is 47.1. The van der Waals surface area contributed by atoms with E-state index in [0.29, 0.717) is 25.0 Å². The van der Waals surface area contributed by atoms with Gasteiger partial charge in [0.25, 0.3) is 0 Å². The Morgan fingerprint density at radius 2 is 0.569 bits per heavy atom. The molecule has 5 nitrogen and oxygen atoms in total. The summed E-state index contributed by atoms with van der Waals surface area (Å²) in [7, 11) is -3.87. The molecule has 0 amide bonds. The number of phosphoric acid groups is 1. The molecule has 0 aliphatic carbocycles. The first-order chi connectivity index (χ1) is 28.4. The minimum Gasteiger partial charge on any atom is -0.389 e. The summed E-state index contributed by atoms with van der Waals surface area (Å²) in [6.07, 6.45) is 50.9. The van der Waals surface area contributed by atoms with Crippen molar-refractivity contribution in [2.24, 2.45) is 11.8 Å². The highest BCUT2D eigenvalue weighted by atomic mass is 35.5. The average molecular weight is 864 g/mol. The Labute approximate surface area is 369 Å². The first-order valence-electron chi connectivity index (χ1n) is 26.2. The number of halogens is 1. The van der Waals surface area contributed by atoms with Crippen LogP contribution in [-0.4, -0.2) is 36.9 Å². The van der Waals surface area contributed by atoms with Crippen LogP contribution in [0.15, 0.2) is 0 Å². The van der Waals surface area contributed by atoms with Gasteiger partial charge in [0.2, 0.25) is 0 Å². The van der Waals surface area contributed by atoms with Gasteiger partial charge in [-0.1, -0.05) is 259 Å². The van der Waals surface area contributed by atoms with Crippen LogP contribution in [0.25, 0.3) is 0 Å². The molecule has 0 aromatic carbocycles. The van der Waals surface area contributed by atoms with Gasteiger partial charge >= 0.3 is 7.82 Å². The molecule has 0 aromatic heterocycles. The summed E-state index contributed by atoms with van der Waals surface area (Å²) >= 11 is 5.93. The Morgan fingerprint density at radius 3 is 0.793 bits per heavy atom. The van der Waals surface area contributed by atoms with Crippen molar-refractivity contribution in [3.63, 3.8) is 0 Å². The first-order valence-corrected chi connectivity index (χ1v) is 28.2. The Bertz CT molecular complexity index is 775. The summed E-state index contributed by atoms with van der Waals surface area (Å²) in [5.74, 6) is 0.708. The van der Waals surface area contributed by atoms with Crippen LogP contribution in [0.2, 0.25) is 0 Å². The maximum atomic E-state index is 14.3. The van der Waals surface area contributed by atoms with Crippen LogP contribution in [0, 0.1) is 11.8 Å². The second-order valence-corrected chi connectivity index (χ2v) is 20.3. The summed E-state index contributed by atoms with van der Waals surface area (Å²) in [5.41, 5.74) is 0. The summed E-state index contributed by atoms with van der Waals surface area (Å²) in [4.78, 5) is 0. The molecule has 0 radical (unpaired) electrons. The minimum absolute atomic E-state index is 0.0274. The number of alkyl halides is 1. The lowest BCUT2D eigenvalue weighted by atomic mass is 9.94. The number of hydrogen-bond acceptors (Lipinski definition) is 5. The van der Waals surface area contributed by atoms with Crippen molar-refractivity contribution >= 4 is 19.4 Å². The molecule has 58 heavy (non-hydrogen) atoms. The molecule has 1 N–H and O–H groups in total. The first kappa shape index (κ1) is 58.4. The summed E-state index contributed by atoms with van der Waals surface area (Å²) < 4.78 is 32.7. The smallest absolute Gasteiger partial charge is 0.389 e. The number of unbranched alkanes of at least 4 members (excludes halogenated alkanes) is 32. The SMILES string of the molecule is CCCCCCCCCCCCC(CCCCCCCCCC)COP(=O)(OCC(O)CCl)OCC(CCCCCCCCCC)CCCCCCCCCCCC. The lowest BCUT2D eigenvalue weighted by Crippen LogP contribution is -2.19. The maximum absolute atomic E-state index is 14.3. The fraction of sp³-hybridized carbons (Fsp3) is 1.00. The Morgan fingerprint density at radius 1 is 0.362 bits per heavy atom. The molecule has 0 aliphatic rings. The molecule has 0 saturated heterocycles. The van der Waals surface area contributed by atoms with E-state index in [4.69, 9.17) is 25.2 Å². The molecule has 0 aromatic rings. The van der Waals surface area contributed by atoms with E-state index < -0.39 is 13.9 Å². The molecule has 0 spiro atoms. The third-order valence-corrected chi connectivity index (χ3v) is 14.2. The van der Waals surface area contributed by atoms with E-state index in [1.165, 1.54) is 231 Å². The third-order valence-electron chi connectivity index (χ3n) is 12.4. The van der Waals surface area contributed by atoms with Gasteiger partial charge in [-0.15, -0.1) is 11.6 Å². The Balaban J connectivity index is 5.31. The average Bonchev–Trinajstić information content (AvgIpc) is 3.23. The van der Waals surface area contributed by atoms with Gasteiger partial charge in [-0.2, -0.15) is 0 Å². The summed E-state index contributed by atoms with van der Waals surface area (Å²) in [5, 5.41) is 10.3. The van der Waals surface area contributed by atoms with Crippen molar-refractivity contribution in [2.75, 3.05) is 25.7 Å². The van der Waals surface area contributed by atoms with Gasteiger partial charge < -0.3 is 5.11 Å². The molecular weight excluding hydrogens is 759 g/mol. The zero-order valence-electron chi connectivity index (χ0n) is 39.8. The van der Waals surface area contributed by atoms with Crippen LogP contribution < -0.4 is 0 Å². The van der Waals surface area contributed by atoms with Crippen molar-refractivity contribution < 1.29 is 23.2 Å². The van der Waals surface area contributed by atoms with E-state index in [9.17, 15) is 9.67 Å². The highest BCUT2D eigenvalue weighted by Crippen LogP contribution is 2.51. The van der Waals surface area contributed by atoms with Gasteiger partial charge in [-0.25, -0.2) is 4.57 Å². The molecule has 0 heterocycles. The van der Waals surface area contributed by atoms with E-state index in [1.54, 1.807) is 0 Å². The van der Waals surface area contributed by atoms with Gasteiger partial charge in [0.1, 0.15) is 0 Å². The molecule has 0 bridgehead atoms. The van der Waals surface area contributed by atoms with E-state index in [-0.39, 0.29) is 12.5 Å². The molecule has 7 heteroatoms. The van der Waals surface area contributed by atoms with Gasteiger partial charge in [0.15, 0.2) is 0 Å². The highest BCUT2D eigenvalue weighted by Gasteiger charge is 2.30. The fourth-order valence-electron chi connectivity index (χ4n) is 8.32. The fourth-order valence-corrected chi connectivity index (χ4v) is 9.78. The predicted molar refractivity (Wildman–Crippen MR) is 257 cm³/mol. The predicted octanol–water partition coefficient (Wildman–Crippen LogP) is 18.7.